The van der Waals surface area contributed by atoms with Crippen LogP contribution in [0, 0.1) is 5.82 Å². The minimum atomic E-state index is -4.81. The molecule has 182 valence electrons. The molecule has 0 unspecified atom stereocenters. The topological polar surface area (TPSA) is 108 Å². The lowest BCUT2D eigenvalue weighted by atomic mass is 9.72. The molecule has 1 saturated heterocycles. The fourth-order valence-electron chi connectivity index (χ4n) is 4.15. The highest BCUT2D eigenvalue weighted by Gasteiger charge is 2.44. The van der Waals surface area contributed by atoms with Crippen molar-refractivity contribution in [2.24, 2.45) is 0 Å². The monoisotopic (exact) mass is 509 g/mol. The van der Waals surface area contributed by atoms with E-state index in [2.05, 4.69) is 20.3 Å². The molecule has 1 saturated carbocycles. The molecule has 0 atom stereocenters. The lowest BCUT2D eigenvalue weighted by Gasteiger charge is -2.39. The Labute approximate surface area is 192 Å². The van der Waals surface area contributed by atoms with E-state index in [9.17, 15) is 31.1 Å². The summed E-state index contributed by atoms with van der Waals surface area (Å²) in [6, 6.07) is -0.211. The van der Waals surface area contributed by atoms with Gasteiger partial charge in [-0.2, -0.15) is 13.2 Å². The van der Waals surface area contributed by atoms with E-state index < -0.39 is 43.9 Å². The summed E-state index contributed by atoms with van der Waals surface area (Å²) < 4.78 is 80.2. The van der Waals surface area contributed by atoms with E-state index in [1.54, 1.807) is 6.92 Å². The van der Waals surface area contributed by atoms with E-state index in [4.69, 9.17) is 0 Å². The highest BCUT2D eigenvalue weighted by molar-refractivity contribution is 7.88. The number of nitrogens with one attached hydrogen (secondary N) is 1. The van der Waals surface area contributed by atoms with Crippen molar-refractivity contribution in [1.29, 1.82) is 0 Å². The molecule has 2 N–H and O–H groups in total. The minimum absolute atomic E-state index is 0.0427. The molecule has 1 aliphatic carbocycles. The van der Waals surface area contributed by atoms with Crippen molar-refractivity contribution in [2.45, 2.75) is 56.3 Å². The molecule has 2 aliphatic rings. The average molecular weight is 510 g/mol. The first-order valence-electron chi connectivity index (χ1n) is 10.3. The number of thiazole rings is 1. The van der Waals surface area contributed by atoms with Gasteiger partial charge < -0.3 is 10.4 Å². The zero-order valence-corrected chi connectivity index (χ0v) is 19.5. The van der Waals surface area contributed by atoms with Crippen molar-refractivity contribution in [3.8, 4) is 10.6 Å². The normalized spacial score (nSPS) is 25.1. The van der Waals surface area contributed by atoms with Crippen molar-refractivity contribution < 1.29 is 31.1 Å². The second-order valence-electron chi connectivity index (χ2n) is 8.80. The largest absolute Gasteiger partial charge is 0.434 e. The van der Waals surface area contributed by atoms with Gasteiger partial charge in [0.05, 0.1) is 27.9 Å². The number of sulfonamides is 1. The Morgan fingerprint density at radius 1 is 1.24 bits per heavy atom. The first-order valence-corrected chi connectivity index (χ1v) is 12.9. The maximum atomic E-state index is 14.6. The second kappa shape index (κ2) is 8.40. The molecule has 0 amide bonds. The zero-order chi connectivity index (χ0) is 24.2. The van der Waals surface area contributed by atoms with Crippen LogP contribution in [0.5, 0.6) is 0 Å². The summed E-state index contributed by atoms with van der Waals surface area (Å²) in [5.74, 6) is -1.38. The highest BCUT2D eigenvalue weighted by atomic mass is 32.2. The van der Waals surface area contributed by atoms with Crippen LogP contribution in [0.25, 0.3) is 10.6 Å². The number of alkyl halides is 3. The summed E-state index contributed by atoms with van der Waals surface area (Å²) in [5.41, 5.74) is -2.65. The van der Waals surface area contributed by atoms with Gasteiger partial charge in [0.1, 0.15) is 5.69 Å². The summed E-state index contributed by atoms with van der Waals surface area (Å²) in [4.78, 5) is 11.2. The number of hydrogen-bond acceptors (Lipinski definition) is 8. The Morgan fingerprint density at radius 2 is 1.88 bits per heavy atom. The van der Waals surface area contributed by atoms with Crippen LogP contribution in [-0.4, -0.2) is 63.8 Å². The van der Waals surface area contributed by atoms with Crippen LogP contribution in [-0.2, 0) is 16.2 Å². The number of anilines is 1. The first-order chi connectivity index (χ1) is 15.2. The summed E-state index contributed by atoms with van der Waals surface area (Å²) >= 11 is 0.722. The molecular formula is C19H23F4N5O3S2. The van der Waals surface area contributed by atoms with Crippen molar-refractivity contribution in [3.05, 3.63) is 22.7 Å². The zero-order valence-electron chi connectivity index (χ0n) is 17.9. The van der Waals surface area contributed by atoms with Crippen LogP contribution >= 0.6 is 11.3 Å². The molecule has 14 heteroatoms. The van der Waals surface area contributed by atoms with Gasteiger partial charge in [-0.05, 0) is 32.6 Å². The molecule has 3 heterocycles. The number of rotatable bonds is 5. The van der Waals surface area contributed by atoms with E-state index in [1.165, 1.54) is 4.31 Å². The third-order valence-electron chi connectivity index (χ3n) is 5.85. The Kier molecular flexibility index (Phi) is 6.16. The lowest BCUT2D eigenvalue weighted by Crippen LogP contribution is -2.42. The van der Waals surface area contributed by atoms with Gasteiger partial charge in [0.15, 0.2) is 11.5 Å². The number of piperidine rings is 1. The number of halogens is 4. The van der Waals surface area contributed by atoms with E-state index in [0.29, 0.717) is 12.8 Å². The number of nitrogens with zero attached hydrogens (tertiary/aromatic N) is 4. The maximum Gasteiger partial charge on any atom is 0.434 e. The number of hydrogen-bond donors (Lipinski definition) is 2. The van der Waals surface area contributed by atoms with Crippen molar-refractivity contribution in [1.82, 2.24) is 19.3 Å². The van der Waals surface area contributed by atoms with Crippen LogP contribution in [0.3, 0.4) is 0 Å². The SMILES string of the molecule is CS(=O)(=O)N1CCC(Nc2ncc(F)c(-c3sc([C@H]4C[C@](C)(O)C4)nc3C(F)(F)F)n2)CC1. The third-order valence-corrected chi connectivity index (χ3v) is 8.38. The van der Waals surface area contributed by atoms with E-state index >= 15 is 0 Å². The molecule has 33 heavy (non-hydrogen) atoms. The molecule has 2 aromatic heterocycles. The molecule has 0 radical (unpaired) electrons. The van der Waals surface area contributed by atoms with Gasteiger partial charge in [-0.25, -0.2) is 32.1 Å². The summed E-state index contributed by atoms with van der Waals surface area (Å²) in [6.45, 7) is 2.17. The summed E-state index contributed by atoms with van der Waals surface area (Å²) in [5, 5.41) is 13.1. The number of aliphatic hydroxyl groups is 1. The third kappa shape index (κ3) is 5.28. The van der Waals surface area contributed by atoms with Gasteiger partial charge in [0.2, 0.25) is 16.0 Å². The molecule has 0 bridgehead atoms. The van der Waals surface area contributed by atoms with E-state index in [1.807, 2.05) is 0 Å². The molecular weight excluding hydrogens is 486 g/mol. The lowest BCUT2D eigenvalue weighted by molar-refractivity contribution is -0.140. The van der Waals surface area contributed by atoms with E-state index in [0.717, 1.165) is 23.8 Å². The summed E-state index contributed by atoms with van der Waals surface area (Å²) in [7, 11) is -3.30. The van der Waals surface area contributed by atoms with Crippen molar-refractivity contribution in [2.75, 3.05) is 24.7 Å². The van der Waals surface area contributed by atoms with Gasteiger partial charge in [-0.1, -0.05) is 0 Å². The van der Waals surface area contributed by atoms with Crippen LogP contribution in [0.2, 0.25) is 0 Å². The smallest absolute Gasteiger partial charge is 0.390 e. The predicted octanol–water partition coefficient (Wildman–Crippen LogP) is 3.22. The van der Waals surface area contributed by atoms with Crippen LogP contribution in [0.15, 0.2) is 6.20 Å². The minimum Gasteiger partial charge on any atom is -0.390 e. The van der Waals surface area contributed by atoms with Crippen LogP contribution in [0.4, 0.5) is 23.5 Å². The molecule has 0 spiro atoms. The highest BCUT2D eigenvalue weighted by Crippen LogP contribution is 2.49. The van der Waals surface area contributed by atoms with Crippen molar-refractivity contribution >= 4 is 27.3 Å². The second-order valence-corrected chi connectivity index (χ2v) is 11.8. The Hall–Kier alpha value is -1.90. The van der Waals surface area contributed by atoms with Gasteiger partial charge in [-0.15, -0.1) is 11.3 Å². The Balaban J connectivity index is 1.58. The van der Waals surface area contributed by atoms with Crippen LogP contribution < -0.4 is 5.32 Å². The van der Waals surface area contributed by atoms with Gasteiger partial charge in [-0.3, -0.25) is 0 Å². The molecule has 4 rings (SSSR count). The first kappa shape index (κ1) is 24.2. The fraction of sp³-hybridized carbons (Fsp3) is 0.632. The molecule has 1 aliphatic heterocycles. The van der Waals surface area contributed by atoms with Gasteiger partial charge >= 0.3 is 6.18 Å². The summed E-state index contributed by atoms with van der Waals surface area (Å²) in [6.07, 6.45) is -1.41. The average Bonchev–Trinajstić information content (AvgIpc) is 3.13. The standard InChI is InChI=1S/C19H23F4N5O3S2/c1-18(29)7-10(8-18)16-27-15(19(21,22)23)14(32-16)13-12(20)9-24-17(26-13)25-11-3-5-28(6-4-11)33(2,30)31/h9-11,29H,3-8H2,1-2H3,(H,24,25,26)/t10-,18-. The quantitative estimate of drug-likeness (QED) is 0.596. The molecule has 2 fully saturated rings. The van der Waals surface area contributed by atoms with Gasteiger partial charge in [0, 0.05) is 25.0 Å². The van der Waals surface area contributed by atoms with Crippen molar-refractivity contribution in [3.63, 3.8) is 0 Å². The molecule has 8 nitrogen and oxygen atoms in total. The maximum absolute atomic E-state index is 14.6. The van der Waals surface area contributed by atoms with E-state index in [-0.39, 0.29) is 48.8 Å². The van der Waals surface area contributed by atoms with Gasteiger partial charge in [0.25, 0.3) is 0 Å². The van der Waals surface area contributed by atoms with Crippen LogP contribution in [0.1, 0.15) is 49.2 Å². The molecule has 0 aromatic carbocycles. The predicted molar refractivity (Wildman–Crippen MR) is 114 cm³/mol. The fourth-order valence-corrected chi connectivity index (χ4v) is 6.20. The Morgan fingerprint density at radius 3 is 2.42 bits per heavy atom. The Bertz CT molecular complexity index is 1140. The molecule has 2 aromatic rings. The number of aromatic nitrogens is 3.